The number of anilines is 1. The van der Waals surface area contributed by atoms with Crippen LogP contribution >= 0.6 is 11.6 Å². The fourth-order valence-corrected chi connectivity index (χ4v) is 3.21. The van der Waals surface area contributed by atoms with Gasteiger partial charge >= 0.3 is 0 Å². The predicted molar refractivity (Wildman–Crippen MR) is 87.7 cm³/mol. The SMILES string of the molecule is CCN(CC)C1CCN(CCNc2ccccc2Cl)C1. The summed E-state index contributed by atoms with van der Waals surface area (Å²) in [5.74, 6) is 0. The quantitative estimate of drug-likeness (QED) is 0.833. The van der Waals surface area contributed by atoms with Gasteiger partial charge in [0.25, 0.3) is 0 Å². The van der Waals surface area contributed by atoms with Crippen LogP contribution in [0.4, 0.5) is 5.69 Å². The first-order valence-corrected chi connectivity index (χ1v) is 8.07. The third-order valence-electron chi connectivity index (χ3n) is 4.19. The Morgan fingerprint density at radius 3 is 2.75 bits per heavy atom. The van der Waals surface area contributed by atoms with E-state index < -0.39 is 0 Å². The van der Waals surface area contributed by atoms with Crippen molar-refractivity contribution in [3.63, 3.8) is 0 Å². The predicted octanol–water partition coefficient (Wildman–Crippen LogP) is 3.17. The molecule has 112 valence electrons. The highest BCUT2D eigenvalue weighted by Crippen LogP contribution is 2.20. The highest BCUT2D eigenvalue weighted by Gasteiger charge is 2.25. The van der Waals surface area contributed by atoms with Gasteiger partial charge < -0.3 is 5.32 Å². The van der Waals surface area contributed by atoms with E-state index in [4.69, 9.17) is 11.6 Å². The molecule has 0 saturated carbocycles. The highest BCUT2D eigenvalue weighted by molar-refractivity contribution is 6.33. The molecular weight excluding hydrogens is 270 g/mol. The minimum absolute atomic E-state index is 0.741. The molecule has 0 radical (unpaired) electrons. The minimum atomic E-state index is 0.741. The molecule has 0 bridgehead atoms. The number of likely N-dealkylation sites (tertiary alicyclic amines) is 1. The molecule has 0 aliphatic carbocycles. The highest BCUT2D eigenvalue weighted by atomic mass is 35.5. The van der Waals surface area contributed by atoms with Crippen LogP contribution in [0, 0.1) is 0 Å². The number of hydrogen-bond donors (Lipinski definition) is 1. The van der Waals surface area contributed by atoms with Crippen molar-refractivity contribution in [2.24, 2.45) is 0 Å². The first kappa shape index (κ1) is 15.6. The van der Waals surface area contributed by atoms with Crippen LogP contribution in [0.3, 0.4) is 0 Å². The fourth-order valence-electron chi connectivity index (χ4n) is 3.01. The average molecular weight is 296 g/mol. The van der Waals surface area contributed by atoms with Gasteiger partial charge in [-0.25, -0.2) is 0 Å². The zero-order valence-corrected chi connectivity index (χ0v) is 13.4. The van der Waals surface area contributed by atoms with Gasteiger partial charge in [0.15, 0.2) is 0 Å². The van der Waals surface area contributed by atoms with Crippen LogP contribution < -0.4 is 5.32 Å². The normalized spacial score (nSPS) is 19.7. The lowest BCUT2D eigenvalue weighted by molar-refractivity contribution is 0.212. The van der Waals surface area contributed by atoms with E-state index in [2.05, 4.69) is 29.0 Å². The van der Waals surface area contributed by atoms with Gasteiger partial charge in [0.2, 0.25) is 0 Å². The maximum atomic E-state index is 6.14. The molecule has 0 spiro atoms. The summed E-state index contributed by atoms with van der Waals surface area (Å²) in [7, 11) is 0. The van der Waals surface area contributed by atoms with E-state index in [0.29, 0.717) is 0 Å². The Balaban J connectivity index is 1.72. The van der Waals surface area contributed by atoms with Crippen molar-refractivity contribution in [1.82, 2.24) is 9.80 Å². The standard InChI is InChI=1S/C16H26ClN3/c1-3-20(4-2)14-9-11-19(13-14)12-10-18-16-8-6-5-7-15(16)17/h5-8,14,18H,3-4,9-13H2,1-2H3. The van der Waals surface area contributed by atoms with Crippen molar-refractivity contribution in [2.75, 3.05) is 44.6 Å². The van der Waals surface area contributed by atoms with Crippen molar-refractivity contribution in [3.8, 4) is 0 Å². The van der Waals surface area contributed by atoms with E-state index in [1.165, 1.54) is 19.5 Å². The molecule has 4 heteroatoms. The van der Waals surface area contributed by atoms with Crippen LogP contribution in [0.1, 0.15) is 20.3 Å². The molecule has 1 N–H and O–H groups in total. The second kappa shape index (κ2) is 7.87. The van der Waals surface area contributed by atoms with Crippen LogP contribution in [0.15, 0.2) is 24.3 Å². The number of halogens is 1. The Morgan fingerprint density at radius 1 is 1.30 bits per heavy atom. The molecule has 0 aromatic heterocycles. The van der Waals surface area contributed by atoms with Gasteiger partial charge in [-0.15, -0.1) is 0 Å². The molecule has 1 fully saturated rings. The molecule has 1 saturated heterocycles. The van der Waals surface area contributed by atoms with E-state index in [9.17, 15) is 0 Å². The van der Waals surface area contributed by atoms with E-state index >= 15 is 0 Å². The average Bonchev–Trinajstić information content (AvgIpc) is 2.91. The molecule has 20 heavy (non-hydrogen) atoms. The van der Waals surface area contributed by atoms with Crippen molar-refractivity contribution in [2.45, 2.75) is 26.3 Å². The van der Waals surface area contributed by atoms with Crippen LogP contribution in [0.25, 0.3) is 0 Å². The van der Waals surface area contributed by atoms with E-state index in [1.54, 1.807) is 0 Å². The summed E-state index contributed by atoms with van der Waals surface area (Å²) in [4.78, 5) is 5.12. The lowest BCUT2D eigenvalue weighted by atomic mass is 10.2. The molecule has 1 aliphatic heterocycles. The third kappa shape index (κ3) is 4.11. The molecule has 1 aromatic rings. The summed E-state index contributed by atoms with van der Waals surface area (Å²) in [5.41, 5.74) is 1.04. The number of likely N-dealkylation sites (N-methyl/N-ethyl adjacent to an activating group) is 1. The lowest BCUT2D eigenvalue weighted by Gasteiger charge is -2.26. The van der Waals surface area contributed by atoms with E-state index in [1.807, 2.05) is 24.3 Å². The van der Waals surface area contributed by atoms with Gasteiger partial charge in [0.1, 0.15) is 0 Å². The number of para-hydroxylation sites is 1. The Bertz CT molecular complexity index is 406. The maximum Gasteiger partial charge on any atom is 0.0637 e. The molecule has 2 rings (SSSR count). The summed E-state index contributed by atoms with van der Waals surface area (Å²) >= 11 is 6.14. The second-order valence-electron chi connectivity index (χ2n) is 5.37. The lowest BCUT2D eigenvalue weighted by Crippen LogP contribution is -2.38. The monoisotopic (exact) mass is 295 g/mol. The Kier molecular flexibility index (Phi) is 6.14. The van der Waals surface area contributed by atoms with Crippen molar-refractivity contribution in [3.05, 3.63) is 29.3 Å². The maximum absolute atomic E-state index is 6.14. The van der Waals surface area contributed by atoms with Crippen LogP contribution in [-0.2, 0) is 0 Å². The van der Waals surface area contributed by atoms with Crippen molar-refractivity contribution < 1.29 is 0 Å². The molecule has 1 aromatic carbocycles. The molecular formula is C16H26ClN3. The molecule has 1 unspecified atom stereocenters. The van der Waals surface area contributed by atoms with Gasteiger partial charge in [0.05, 0.1) is 10.7 Å². The topological polar surface area (TPSA) is 18.5 Å². The number of rotatable bonds is 7. The number of nitrogens with zero attached hydrogens (tertiary/aromatic N) is 2. The largest absolute Gasteiger partial charge is 0.383 e. The Labute approximate surface area is 127 Å². The van der Waals surface area contributed by atoms with Gasteiger partial charge in [-0.1, -0.05) is 37.6 Å². The van der Waals surface area contributed by atoms with Crippen LogP contribution in [-0.4, -0.2) is 55.1 Å². The van der Waals surface area contributed by atoms with E-state index in [0.717, 1.165) is 42.9 Å². The van der Waals surface area contributed by atoms with Crippen molar-refractivity contribution >= 4 is 17.3 Å². The number of nitrogens with one attached hydrogen (secondary N) is 1. The van der Waals surface area contributed by atoms with Gasteiger partial charge in [-0.2, -0.15) is 0 Å². The smallest absolute Gasteiger partial charge is 0.0637 e. The number of benzene rings is 1. The van der Waals surface area contributed by atoms with Crippen LogP contribution in [0.2, 0.25) is 5.02 Å². The molecule has 1 heterocycles. The molecule has 1 atom stereocenters. The van der Waals surface area contributed by atoms with Gasteiger partial charge in [0, 0.05) is 25.7 Å². The minimum Gasteiger partial charge on any atom is -0.383 e. The molecule has 1 aliphatic rings. The van der Waals surface area contributed by atoms with E-state index in [-0.39, 0.29) is 0 Å². The number of hydrogen-bond acceptors (Lipinski definition) is 3. The zero-order valence-electron chi connectivity index (χ0n) is 12.6. The summed E-state index contributed by atoms with van der Waals surface area (Å²) in [6.07, 6.45) is 1.30. The summed E-state index contributed by atoms with van der Waals surface area (Å²) in [6, 6.07) is 8.68. The van der Waals surface area contributed by atoms with Gasteiger partial charge in [-0.3, -0.25) is 9.80 Å². The summed E-state index contributed by atoms with van der Waals surface area (Å²) < 4.78 is 0. The fraction of sp³-hybridized carbons (Fsp3) is 0.625. The van der Waals surface area contributed by atoms with Gasteiger partial charge in [-0.05, 0) is 38.2 Å². The second-order valence-corrected chi connectivity index (χ2v) is 5.78. The summed E-state index contributed by atoms with van der Waals surface area (Å²) in [6.45, 7) is 11.3. The zero-order chi connectivity index (χ0) is 14.4. The first-order valence-electron chi connectivity index (χ1n) is 7.69. The summed E-state index contributed by atoms with van der Waals surface area (Å²) in [5, 5.41) is 4.23. The third-order valence-corrected chi connectivity index (χ3v) is 4.52. The van der Waals surface area contributed by atoms with Crippen molar-refractivity contribution in [1.29, 1.82) is 0 Å². The molecule has 0 amide bonds. The molecule has 3 nitrogen and oxygen atoms in total. The first-order chi connectivity index (χ1) is 9.74. The van der Waals surface area contributed by atoms with Crippen LogP contribution in [0.5, 0.6) is 0 Å². The Morgan fingerprint density at radius 2 is 2.05 bits per heavy atom. The Hall–Kier alpha value is -0.770.